The van der Waals surface area contributed by atoms with Crippen LogP contribution in [0.1, 0.15) is 106 Å². The van der Waals surface area contributed by atoms with Gasteiger partial charge >= 0.3 is 5.97 Å². The van der Waals surface area contributed by atoms with Gasteiger partial charge in [-0.05, 0) is 168 Å². The Bertz CT molecular complexity index is 5430. The number of hydrogen-bond acceptors (Lipinski definition) is 13. The minimum Gasteiger partial charge on any atom is -0.497 e. The smallest absolute Gasteiger partial charge is 0.323 e. The fraction of sp³-hybridized carbons (Fsp3) is 0.192. The van der Waals surface area contributed by atoms with E-state index in [1.807, 2.05) is 97.9 Å². The van der Waals surface area contributed by atoms with Crippen molar-refractivity contribution >= 4 is 137 Å². The van der Waals surface area contributed by atoms with Gasteiger partial charge in [0, 0.05) is 52.2 Å². The zero-order valence-corrected chi connectivity index (χ0v) is 58.3. The Morgan fingerprint density at radius 3 is 1.64 bits per heavy atom. The van der Waals surface area contributed by atoms with Gasteiger partial charge in [0.2, 0.25) is 0 Å². The zero-order valence-electron chi connectivity index (χ0n) is 55.1. The van der Waals surface area contributed by atoms with Gasteiger partial charge in [-0.15, -0.1) is 11.3 Å². The molecule has 97 heavy (non-hydrogen) atoms. The number of anilines is 3. The Morgan fingerprint density at radius 2 is 1.11 bits per heavy atom. The normalized spacial score (nSPS) is 14.1. The van der Waals surface area contributed by atoms with Crippen molar-refractivity contribution in [3.8, 4) is 45.6 Å². The number of carboxylic acid groups (broad SMARTS) is 1. The van der Waals surface area contributed by atoms with Gasteiger partial charge in [0.25, 0.3) is 16.2 Å². The van der Waals surface area contributed by atoms with E-state index in [0.29, 0.717) is 72.5 Å². The summed E-state index contributed by atoms with van der Waals surface area (Å²) in [6.45, 7) is 17.0. The van der Waals surface area contributed by atoms with Crippen molar-refractivity contribution in [1.82, 2.24) is 34.0 Å². The molecule has 5 aromatic carbocycles. The number of thioether (sulfide) groups is 1. The van der Waals surface area contributed by atoms with Crippen LogP contribution in [0.25, 0.3) is 79.7 Å². The van der Waals surface area contributed by atoms with Crippen LogP contribution in [-0.4, -0.2) is 75.9 Å². The Hall–Kier alpha value is -10.4. The first-order chi connectivity index (χ1) is 46.6. The second kappa shape index (κ2) is 26.3. The van der Waals surface area contributed by atoms with E-state index in [-0.39, 0.29) is 35.6 Å². The highest BCUT2D eigenvalue weighted by molar-refractivity contribution is 8.31. The number of fused-ring (bicyclic) bond motifs is 8. The second-order valence-corrected chi connectivity index (χ2v) is 29.1. The summed E-state index contributed by atoms with van der Waals surface area (Å²) in [4.78, 5) is 76.0. The number of carboxylic acids is 1. The average Bonchev–Trinajstić information content (AvgIpc) is 1.58. The number of benzene rings is 5. The molecule has 0 radical (unpaired) electrons. The molecular weight excluding hydrogens is 1290 g/mol. The maximum atomic E-state index is 14.3. The lowest BCUT2D eigenvalue weighted by Crippen LogP contribution is -2.36. The molecule has 1 amide bonds. The van der Waals surface area contributed by atoms with E-state index in [4.69, 9.17) is 31.7 Å². The van der Waals surface area contributed by atoms with Crippen molar-refractivity contribution in [1.29, 1.82) is 0 Å². The summed E-state index contributed by atoms with van der Waals surface area (Å²) in [6.07, 6.45) is 9.90. The number of thiocarbonyl (C=S) groups is 1. The Kier molecular flexibility index (Phi) is 17.7. The number of H-pyrrole nitrogens is 2. The summed E-state index contributed by atoms with van der Waals surface area (Å²) >= 11 is 8.40. The Balaban J connectivity index is 1.02. The molecule has 3 aliphatic rings. The largest absolute Gasteiger partial charge is 0.497 e. The van der Waals surface area contributed by atoms with Gasteiger partial charge in [-0.1, -0.05) is 149 Å². The number of methoxy groups -OCH3 is 2. The number of nitrogens with one attached hydrogen (secondary N) is 2. The number of aromatic nitrogens is 6. The van der Waals surface area contributed by atoms with Gasteiger partial charge in [-0.3, -0.25) is 28.6 Å². The van der Waals surface area contributed by atoms with Crippen molar-refractivity contribution in [2.45, 2.75) is 79.3 Å². The van der Waals surface area contributed by atoms with Crippen LogP contribution in [-0.2, 0) is 33.5 Å². The predicted octanol–water partition coefficient (Wildman–Crippen LogP) is 15.1. The van der Waals surface area contributed by atoms with Gasteiger partial charge < -0.3 is 34.0 Å². The molecule has 1 saturated heterocycles. The monoisotopic (exact) mass is 1360 g/mol. The molecule has 13 rings (SSSR count). The molecule has 3 aliphatic heterocycles. The van der Waals surface area contributed by atoms with Crippen LogP contribution in [0.3, 0.4) is 0 Å². The lowest BCUT2D eigenvalue weighted by Gasteiger charge is -2.28. The summed E-state index contributed by atoms with van der Waals surface area (Å²) in [5, 5.41) is 10.8. The molecule has 3 N–H and O–H groups in total. The van der Waals surface area contributed by atoms with Crippen LogP contribution in [0.2, 0.25) is 0 Å². The highest BCUT2D eigenvalue weighted by atomic mass is 32.2. The van der Waals surface area contributed by atoms with Crippen molar-refractivity contribution in [3.05, 3.63) is 235 Å². The number of carbonyl (C=O) groups is 2. The number of hydrogen-bond donors (Lipinski definition) is 3. The molecule has 0 atom stereocenters. The van der Waals surface area contributed by atoms with E-state index in [1.54, 1.807) is 31.8 Å². The highest BCUT2D eigenvalue weighted by Gasteiger charge is 2.33. The van der Waals surface area contributed by atoms with Gasteiger partial charge in [-0.2, -0.15) is 0 Å². The van der Waals surface area contributed by atoms with Gasteiger partial charge in [-0.25, -0.2) is 9.97 Å². The summed E-state index contributed by atoms with van der Waals surface area (Å²) in [6, 6.07) is 49.4. The van der Waals surface area contributed by atoms with Crippen molar-refractivity contribution in [2.24, 2.45) is 0 Å². The van der Waals surface area contributed by atoms with E-state index < -0.39 is 18.1 Å². The van der Waals surface area contributed by atoms with Crippen LogP contribution in [0, 0.1) is 21.2 Å². The molecule has 10 aromatic rings. The Labute approximate surface area is 577 Å². The molecule has 5 aromatic heterocycles. The maximum Gasteiger partial charge on any atom is 0.323 e. The predicted molar refractivity (Wildman–Crippen MR) is 399 cm³/mol. The minimum absolute atomic E-state index is 0.0758. The number of nitrogens with zero attached hydrogens (tertiary/aromatic N) is 6. The summed E-state index contributed by atoms with van der Waals surface area (Å²) in [5.41, 5.74) is 15.9. The topological polar surface area (TPSA) is 181 Å². The molecule has 8 bridgehead atoms. The van der Waals surface area contributed by atoms with Gasteiger partial charge in [0.15, 0.2) is 0 Å². The molecule has 486 valence electrons. The molecular formula is C78H68N8O7S4. The molecule has 0 spiro atoms. The molecule has 19 heteroatoms. The fourth-order valence-electron chi connectivity index (χ4n) is 12.1. The first-order valence-electron chi connectivity index (χ1n) is 31.6. The second-order valence-electron chi connectivity index (χ2n) is 25.5. The summed E-state index contributed by atoms with van der Waals surface area (Å²) in [7, 11) is 3.31. The minimum atomic E-state index is -1.22. The van der Waals surface area contributed by atoms with E-state index in [0.717, 1.165) is 102 Å². The lowest BCUT2D eigenvalue weighted by molar-refractivity contribution is -0.137. The van der Waals surface area contributed by atoms with E-state index in [1.165, 1.54) is 20.6 Å². The van der Waals surface area contributed by atoms with Crippen LogP contribution >= 0.6 is 46.7 Å². The van der Waals surface area contributed by atoms with E-state index in [9.17, 15) is 24.3 Å². The average molecular weight is 1360 g/mol. The molecule has 15 nitrogen and oxygen atoms in total. The third-order valence-corrected chi connectivity index (χ3v) is 20.8. The van der Waals surface area contributed by atoms with Crippen molar-refractivity contribution in [3.63, 3.8) is 0 Å². The van der Waals surface area contributed by atoms with E-state index >= 15 is 0 Å². The lowest BCUT2D eigenvalue weighted by atomic mass is 9.86. The summed E-state index contributed by atoms with van der Waals surface area (Å²) in [5.74, 6) is 6.82. The third kappa shape index (κ3) is 12.8. The maximum absolute atomic E-state index is 14.3. The number of thiazole rings is 2. The number of aromatic amines is 2. The van der Waals surface area contributed by atoms with Gasteiger partial charge in [0.05, 0.1) is 63.8 Å². The number of amides is 1. The van der Waals surface area contributed by atoms with Crippen molar-refractivity contribution in [2.75, 3.05) is 25.7 Å². The standard InChI is InChI=1S/C78H68N8O7S4/c1-11-83-69(72-84(12-2)71(90)76(94)97-72)75(91)96-73(83)74-85(44-65(87)88)70(89)64(95-74)43-46-15-13-45(14-16-46)17-34-55-56-35-37-58(79-56)66(47-18-30-53(92-9)31-19-47)60-39-41-62(81-60)68(63-42-40-61(82-63)67(59-38-36-57(55)80-59)48-20-32-54(93-10)33-21-48)86(51-26-22-49(23-27-51)77(3,4)5)52-28-24-50(25-29-52)78(6,7)8/h13-16,18-33,35-43,79,82H,11-12,44H2,1-10H3,(H,87,88)/b56-55?,57-55?,64-43?,66-58?,66-60?,67-59?,67-61?,68-62?,68-63?,72-69+,74-73+. The van der Waals surface area contributed by atoms with Crippen LogP contribution in [0.15, 0.2) is 155 Å². The van der Waals surface area contributed by atoms with E-state index in [2.05, 4.69) is 147 Å². The first kappa shape index (κ1) is 65.3. The van der Waals surface area contributed by atoms with Crippen LogP contribution in [0.5, 0.6) is 11.5 Å². The molecule has 0 aliphatic carbocycles. The number of carbonyl (C=O) groups excluding carboxylic acids is 1. The molecule has 0 saturated carbocycles. The fourth-order valence-corrected chi connectivity index (χ4v) is 15.9. The highest BCUT2D eigenvalue weighted by Crippen LogP contribution is 2.44. The molecule has 0 unspecified atom stereocenters. The zero-order chi connectivity index (χ0) is 68.2. The number of ether oxygens (including phenoxy) is 2. The molecule has 8 heterocycles. The summed E-state index contributed by atoms with van der Waals surface area (Å²) < 4.78 is 15.0. The van der Waals surface area contributed by atoms with Crippen LogP contribution in [0.4, 0.5) is 17.1 Å². The third-order valence-electron chi connectivity index (χ3n) is 17.2. The SMILES string of the molecule is CCN1C(=O)C(=S)S/C1=c1\c(=O)s/c(=c2/sc(=Cc3ccc(C#Cc4c5nc(c(-c6ccc(OC)cc6)c6ccc([nH]6)c(N(c6ccc(C(C)(C)C)cc6)c6ccc(C(C)(C)C)cc6)c6nc(c(-c7ccc(OC)cc7)c7ccc4[nH]7)C=C6)C=C5)cc3)c(=O)n2CC(=O)O)n1CC. The number of aliphatic carboxylic acids is 1. The van der Waals surface area contributed by atoms with Gasteiger partial charge in [0.1, 0.15) is 41.9 Å². The molecule has 1 fully saturated rings. The first-order valence-corrected chi connectivity index (χ1v) is 34.5. The quantitative estimate of drug-likeness (QED) is 0.0779. The number of rotatable bonds is 12. The van der Waals surface area contributed by atoms with Crippen LogP contribution < -0.4 is 34.6 Å². The Morgan fingerprint density at radius 1 is 0.608 bits per heavy atom. The van der Waals surface area contributed by atoms with Crippen molar-refractivity contribution < 1.29 is 24.2 Å².